The fourth-order valence-corrected chi connectivity index (χ4v) is 0.825. The third kappa shape index (κ3) is 4.71. The fraction of sp³-hybridized carbons (Fsp3) is 0.250. The summed E-state index contributed by atoms with van der Waals surface area (Å²) in [4.78, 5) is 10.8. The molecule has 76 valence electrons. The third-order valence-electron chi connectivity index (χ3n) is 1.49. The van der Waals surface area contributed by atoms with Gasteiger partial charge in [-0.2, -0.15) is 0 Å². The van der Waals surface area contributed by atoms with Gasteiger partial charge < -0.3 is 9.52 Å². The highest BCUT2D eigenvalue weighted by molar-refractivity contribution is 5.34. The maximum Gasteiger partial charge on any atom is 0.336 e. The lowest BCUT2D eigenvalue weighted by Crippen LogP contribution is -1.94. The largest absolute Gasteiger partial charge is 0.414 e. The lowest BCUT2D eigenvalue weighted by Gasteiger charge is -1.83. The Kier molecular flexibility index (Phi) is 4.80. The van der Waals surface area contributed by atoms with E-state index >= 15 is 0 Å². The van der Waals surface area contributed by atoms with Crippen molar-refractivity contribution < 1.29 is 9.52 Å². The minimum Gasteiger partial charge on any atom is -0.414 e. The highest BCUT2D eigenvalue weighted by Crippen LogP contribution is 1.89. The van der Waals surface area contributed by atoms with Gasteiger partial charge in [-0.05, 0) is 30.2 Å². The molecule has 0 spiro atoms. The Bertz CT molecular complexity index is 477. The first-order valence-corrected chi connectivity index (χ1v) is 4.53. The average Bonchev–Trinajstić information content (AvgIpc) is 2.23. The van der Waals surface area contributed by atoms with Crippen molar-refractivity contribution in [2.24, 2.45) is 0 Å². The van der Waals surface area contributed by atoms with Crippen LogP contribution in [0, 0.1) is 23.7 Å². The van der Waals surface area contributed by atoms with Crippen LogP contribution in [0.15, 0.2) is 27.4 Å². The van der Waals surface area contributed by atoms with Crippen LogP contribution in [0.3, 0.4) is 0 Å². The molecule has 15 heavy (non-hydrogen) atoms. The van der Waals surface area contributed by atoms with Crippen molar-refractivity contribution in [3.63, 3.8) is 0 Å². The van der Waals surface area contributed by atoms with E-state index in [1.807, 2.05) is 0 Å². The number of rotatable bonds is 2. The molecule has 0 aliphatic carbocycles. The van der Waals surface area contributed by atoms with Crippen LogP contribution in [0.2, 0.25) is 0 Å². The minimum atomic E-state index is -0.421. The molecule has 0 aliphatic heterocycles. The van der Waals surface area contributed by atoms with Gasteiger partial charge in [0.1, 0.15) is 0 Å². The van der Waals surface area contributed by atoms with Gasteiger partial charge in [-0.1, -0.05) is 12.0 Å². The summed E-state index contributed by atoms with van der Waals surface area (Å²) in [6, 6.07) is 4.50. The zero-order chi connectivity index (χ0) is 10.9. The van der Waals surface area contributed by atoms with E-state index in [0.717, 1.165) is 0 Å². The van der Waals surface area contributed by atoms with E-state index in [0.29, 0.717) is 18.6 Å². The summed E-state index contributed by atoms with van der Waals surface area (Å²) in [5.41, 5.74) is -0.421. The Hall–Kier alpha value is -1.97. The van der Waals surface area contributed by atoms with Crippen molar-refractivity contribution in [1.82, 2.24) is 0 Å². The van der Waals surface area contributed by atoms with Crippen LogP contribution in [-0.4, -0.2) is 11.7 Å². The summed E-state index contributed by atoms with van der Waals surface area (Å²) in [5, 5.41) is 8.48. The molecule has 0 atom stereocenters. The highest BCUT2D eigenvalue weighted by atomic mass is 16.4. The highest BCUT2D eigenvalue weighted by Gasteiger charge is 1.87. The van der Waals surface area contributed by atoms with Gasteiger partial charge in [-0.15, -0.1) is 0 Å². The molecule has 3 nitrogen and oxygen atoms in total. The average molecular weight is 202 g/mol. The quantitative estimate of drug-likeness (QED) is 0.569. The molecule has 1 aromatic heterocycles. The van der Waals surface area contributed by atoms with Crippen molar-refractivity contribution in [2.75, 3.05) is 6.61 Å². The lowest BCUT2D eigenvalue weighted by atomic mass is 10.3. The van der Waals surface area contributed by atoms with Crippen LogP contribution in [0.1, 0.15) is 18.6 Å². The molecule has 3 heteroatoms. The summed E-state index contributed by atoms with van der Waals surface area (Å²) in [7, 11) is 0. The van der Waals surface area contributed by atoms with E-state index < -0.39 is 5.63 Å². The molecular weight excluding hydrogens is 192 g/mol. The molecule has 1 aromatic rings. The molecule has 0 saturated heterocycles. The molecule has 1 heterocycles. The number of aliphatic hydroxyl groups excluding tert-OH is 1. The molecule has 0 fully saturated rings. The molecule has 0 amide bonds. The standard InChI is InChI=1S/C12H10O3/c13-10-5-3-1-2-4-7-11-8-6-9-12(14)15-11/h6,8-9,13H,3,5,10H2. The van der Waals surface area contributed by atoms with Crippen LogP contribution in [0.25, 0.3) is 0 Å². The van der Waals surface area contributed by atoms with Crippen molar-refractivity contribution in [3.05, 3.63) is 34.4 Å². The normalized spacial score (nSPS) is 8.33. The van der Waals surface area contributed by atoms with Gasteiger partial charge in [0, 0.05) is 19.1 Å². The van der Waals surface area contributed by atoms with Gasteiger partial charge in [0.15, 0.2) is 5.76 Å². The second-order valence-corrected chi connectivity index (χ2v) is 2.69. The van der Waals surface area contributed by atoms with Gasteiger partial charge in [-0.25, -0.2) is 4.79 Å². The van der Waals surface area contributed by atoms with E-state index in [-0.39, 0.29) is 6.61 Å². The van der Waals surface area contributed by atoms with Crippen molar-refractivity contribution >= 4 is 0 Å². The Labute approximate surface area is 87.7 Å². The molecule has 1 N–H and O–H groups in total. The van der Waals surface area contributed by atoms with Crippen molar-refractivity contribution in [2.45, 2.75) is 12.8 Å². The van der Waals surface area contributed by atoms with Gasteiger partial charge in [0.25, 0.3) is 0 Å². The number of aliphatic hydroxyl groups is 1. The van der Waals surface area contributed by atoms with Gasteiger partial charge >= 0.3 is 5.63 Å². The Balaban J connectivity index is 2.57. The summed E-state index contributed by atoms with van der Waals surface area (Å²) in [6.07, 6.45) is 1.26. The van der Waals surface area contributed by atoms with Crippen molar-refractivity contribution in [3.8, 4) is 23.7 Å². The minimum absolute atomic E-state index is 0.135. The predicted octanol–water partition coefficient (Wildman–Crippen LogP) is 0.767. The van der Waals surface area contributed by atoms with E-state index in [2.05, 4.69) is 23.7 Å². The molecule has 0 unspecified atom stereocenters. The molecule has 0 bridgehead atoms. The predicted molar refractivity (Wildman–Crippen MR) is 56.0 cm³/mol. The third-order valence-corrected chi connectivity index (χ3v) is 1.49. The first-order valence-electron chi connectivity index (χ1n) is 4.53. The van der Waals surface area contributed by atoms with E-state index in [1.54, 1.807) is 12.1 Å². The molecule has 0 aliphatic rings. The molecular formula is C12H10O3. The first-order chi connectivity index (χ1) is 7.33. The summed E-state index contributed by atoms with van der Waals surface area (Å²) < 4.78 is 4.77. The monoisotopic (exact) mass is 202 g/mol. The van der Waals surface area contributed by atoms with Crippen LogP contribution in [0.4, 0.5) is 0 Å². The Morgan fingerprint density at radius 1 is 1.33 bits per heavy atom. The summed E-state index contributed by atoms with van der Waals surface area (Å²) in [5.74, 6) is 10.8. The Morgan fingerprint density at radius 3 is 2.93 bits per heavy atom. The number of unbranched alkanes of at least 4 members (excludes halogenated alkanes) is 1. The van der Waals surface area contributed by atoms with Crippen LogP contribution < -0.4 is 5.63 Å². The second-order valence-electron chi connectivity index (χ2n) is 2.69. The van der Waals surface area contributed by atoms with E-state index in [4.69, 9.17) is 9.52 Å². The van der Waals surface area contributed by atoms with E-state index in [9.17, 15) is 4.79 Å². The topological polar surface area (TPSA) is 50.4 Å². The second kappa shape index (κ2) is 6.48. The van der Waals surface area contributed by atoms with Crippen molar-refractivity contribution in [1.29, 1.82) is 0 Å². The summed E-state index contributed by atoms with van der Waals surface area (Å²) in [6.45, 7) is 0.135. The van der Waals surface area contributed by atoms with Gasteiger partial charge in [0.05, 0.1) is 0 Å². The molecule has 1 rings (SSSR count). The number of hydrogen-bond acceptors (Lipinski definition) is 3. The maximum atomic E-state index is 10.8. The summed E-state index contributed by atoms with van der Waals surface area (Å²) >= 11 is 0. The van der Waals surface area contributed by atoms with Crippen LogP contribution >= 0.6 is 0 Å². The van der Waals surface area contributed by atoms with Gasteiger partial charge in [-0.3, -0.25) is 0 Å². The van der Waals surface area contributed by atoms with Crippen LogP contribution in [0.5, 0.6) is 0 Å². The first kappa shape index (κ1) is 11.1. The smallest absolute Gasteiger partial charge is 0.336 e. The molecule has 0 aromatic carbocycles. The molecule has 0 saturated carbocycles. The zero-order valence-electron chi connectivity index (χ0n) is 8.12. The zero-order valence-corrected chi connectivity index (χ0v) is 8.12. The lowest BCUT2D eigenvalue weighted by molar-refractivity contribution is 0.290. The maximum absolute atomic E-state index is 10.8. The van der Waals surface area contributed by atoms with Crippen LogP contribution in [-0.2, 0) is 0 Å². The SMILES string of the molecule is O=c1cccc(C#CC#CCCCO)o1. The molecule has 0 radical (unpaired) electrons. The fourth-order valence-electron chi connectivity index (χ4n) is 0.825. The van der Waals surface area contributed by atoms with Gasteiger partial charge in [0.2, 0.25) is 0 Å². The Morgan fingerprint density at radius 2 is 2.20 bits per heavy atom. The van der Waals surface area contributed by atoms with E-state index in [1.165, 1.54) is 6.07 Å². The number of hydrogen-bond donors (Lipinski definition) is 1.